The van der Waals surface area contributed by atoms with Gasteiger partial charge in [0.05, 0.1) is 32.4 Å². The number of halogens is 1. The van der Waals surface area contributed by atoms with E-state index < -0.39 is 11.7 Å². The molecule has 1 fully saturated rings. The van der Waals surface area contributed by atoms with Gasteiger partial charge in [-0.25, -0.2) is 0 Å². The lowest BCUT2D eigenvalue weighted by atomic mass is 10.1. The summed E-state index contributed by atoms with van der Waals surface area (Å²) < 4.78 is 18.9. The van der Waals surface area contributed by atoms with Crippen LogP contribution < -0.4 is 9.54 Å². The number of thiazole rings is 1. The van der Waals surface area contributed by atoms with E-state index in [9.17, 15) is 9.90 Å². The van der Waals surface area contributed by atoms with Crippen molar-refractivity contribution in [2.24, 2.45) is 4.99 Å². The molecule has 0 spiro atoms. The molecule has 0 radical (unpaired) electrons. The number of benzene rings is 1. The minimum atomic E-state index is -0.641. The molecule has 0 bridgehead atoms. The Balaban J connectivity index is 2.04. The van der Waals surface area contributed by atoms with Crippen LogP contribution in [-0.4, -0.2) is 47.8 Å². The predicted octanol–water partition coefficient (Wildman–Crippen LogP) is 3.51. The summed E-state index contributed by atoms with van der Waals surface area (Å²) in [6.45, 7) is 8.59. The standard InChI is InChI=1S/C21H27ClN2O5S/c1-12(10-25)18-13(2)24(9-15-11-28-21(3,4)29-15)20(30-18)23-19(26)16-8-14(22)6-7-17(16)27-5/h6-8,12,15,25H,9-11H2,1-5H3/t12?,15-/m0/s1. The van der Waals surface area contributed by atoms with Gasteiger partial charge in [0.1, 0.15) is 11.9 Å². The van der Waals surface area contributed by atoms with Crippen molar-refractivity contribution in [2.45, 2.75) is 52.0 Å². The van der Waals surface area contributed by atoms with Gasteiger partial charge in [0.15, 0.2) is 10.6 Å². The maximum atomic E-state index is 13.0. The van der Waals surface area contributed by atoms with E-state index in [0.717, 1.165) is 10.6 Å². The monoisotopic (exact) mass is 454 g/mol. The van der Waals surface area contributed by atoms with Crippen LogP contribution in [0.5, 0.6) is 5.75 Å². The Bertz CT molecular complexity index is 998. The van der Waals surface area contributed by atoms with Gasteiger partial charge in [0.25, 0.3) is 5.91 Å². The van der Waals surface area contributed by atoms with Crippen molar-refractivity contribution in [3.63, 3.8) is 0 Å². The number of rotatable bonds is 6. The Morgan fingerprint density at radius 2 is 2.23 bits per heavy atom. The van der Waals surface area contributed by atoms with Crippen molar-refractivity contribution in [1.82, 2.24) is 4.57 Å². The van der Waals surface area contributed by atoms with Gasteiger partial charge < -0.3 is 23.9 Å². The lowest BCUT2D eigenvalue weighted by molar-refractivity contribution is -0.139. The Morgan fingerprint density at radius 1 is 1.50 bits per heavy atom. The number of aliphatic hydroxyl groups excluding tert-OH is 1. The van der Waals surface area contributed by atoms with Gasteiger partial charge in [-0.1, -0.05) is 18.5 Å². The number of amides is 1. The number of hydrogen-bond acceptors (Lipinski definition) is 6. The van der Waals surface area contributed by atoms with Crippen molar-refractivity contribution in [3.05, 3.63) is 44.2 Å². The first-order chi connectivity index (χ1) is 14.1. The van der Waals surface area contributed by atoms with Gasteiger partial charge in [-0.2, -0.15) is 4.99 Å². The smallest absolute Gasteiger partial charge is 0.283 e. The summed E-state index contributed by atoms with van der Waals surface area (Å²) in [6.07, 6.45) is -0.166. The molecule has 0 aliphatic carbocycles. The Labute approximate surface area is 184 Å². The van der Waals surface area contributed by atoms with Crippen LogP contribution in [0.1, 0.15) is 47.6 Å². The van der Waals surface area contributed by atoms with Gasteiger partial charge in [-0.3, -0.25) is 4.79 Å². The number of aliphatic hydroxyl groups is 1. The number of carbonyl (C=O) groups excluding carboxylic acids is 1. The molecule has 1 amide bonds. The topological polar surface area (TPSA) is 82.3 Å². The molecule has 30 heavy (non-hydrogen) atoms. The normalized spacial score (nSPS) is 19.8. The van der Waals surface area contributed by atoms with Gasteiger partial charge in [0, 0.05) is 21.5 Å². The minimum absolute atomic E-state index is 0.00687. The summed E-state index contributed by atoms with van der Waals surface area (Å²) >= 11 is 7.46. The lowest BCUT2D eigenvalue weighted by Crippen LogP contribution is -2.29. The third kappa shape index (κ3) is 4.95. The van der Waals surface area contributed by atoms with Gasteiger partial charge in [-0.05, 0) is 39.0 Å². The molecule has 2 heterocycles. The number of carbonyl (C=O) groups is 1. The highest BCUT2D eigenvalue weighted by Crippen LogP contribution is 2.27. The highest BCUT2D eigenvalue weighted by molar-refractivity contribution is 7.09. The summed E-state index contributed by atoms with van der Waals surface area (Å²) in [4.78, 5) is 18.9. The molecule has 1 aromatic heterocycles. The van der Waals surface area contributed by atoms with Crippen LogP contribution in [0.3, 0.4) is 0 Å². The number of ether oxygens (including phenoxy) is 3. The first-order valence-electron chi connectivity index (χ1n) is 9.70. The zero-order valence-corrected chi connectivity index (χ0v) is 19.3. The molecule has 3 rings (SSSR count). The molecule has 1 N–H and O–H groups in total. The van der Waals surface area contributed by atoms with Crippen molar-refractivity contribution in [1.29, 1.82) is 0 Å². The quantitative estimate of drug-likeness (QED) is 0.722. The summed E-state index contributed by atoms with van der Waals surface area (Å²) in [6, 6.07) is 4.85. The second-order valence-corrected chi connectivity index (χ2v) is 9.19. The summed E-state index contributed by atoms with van der Waals surface area (Å²) in [5, 5.41) is 10.1. The zero-order chi connectivity index (χ0) is 22.1. The number of aromatic nitrogens is 1. The third-order valence-electron chi connectivity index (χ3n) is 4.96. The van der Waals surface area contributed by atoms with Crippen molar-refractivity contribution in [3.8, 4) is 5.75 Å². The van der Waals surface area contributed by atoms with Crippen LogP contribution in [0.2, 0.25) is 5.02 Å². The van der Waals surface area contributed by atoms with Gasteiger partial charge >= 0.3 is 0 Å². The molecule has 1 saturated heterocycles. The van der Waals surface area contributed by atoms with E-state index in [2.05, 4.69) is 4.99 Å². The lowest BCUT2D eigenvalue weighted by Gasteiger charge is -2.18. The average Bonchev–Trinajstić information content (AvgIpc) is 3.20. The van der Waals surface area contributed by atoms with Gasteiger partial charge in [0.2, 0.25) is 0 Å². The van der Waals surface area contributed by atoms with E-state index in [1.807, 2.05) is 32.3 Å². The van der Waals surface area contributed by atoms with Crippen molar-refractivity contribution < 1.29 is 24.1 Å². The summed E-state index contributed by atoms with van der Waals surface area (Å²) in [7, 11) is 1.50. The molecule has 164 valence electrons. The van der Waals surface area contributed by atoms with Crippen LogP contribution in [-0.2, 0) is 16.0 Å². The maximum absolute atomic E-state index is 13.0. The van der Waals surface area contributed by atoms with Gasteiger partial charge in [-0.15, -0.1) is 11.3 Å². The molecule has 1 aromatic carbocycles. The van der Waals surface area contributed by atoms with E-state index in [4.69, 9.17) is 25.8 Å². The predicted molar refractivity (Wildman–Crippen MR) is 115 cm³/mol. The van der Waals surface area contributed by atoms with Crippen LogP contribution in [0.15, 0.2) is 23.2 Å². The van der Waals surface area contributed by atoms with E-state index >= 15 is 0 Å². The number of hydrogen-bond donors (Lipinski definition) is 1. The summed E-state index contributed by atoms with van der Waals surface area (Å²) in [5.74, 6) is -0.752. The molecule has 2 atom stereocenters. The Kier molecular flexibility index (Phi) is 7.04. The molecule has 7 nitrogen and oxygen atoms in total. The van der Waals surface area contributed by atoms with Crippen molar-refractivity contribution in [2.75, 3.05) is 20.3 Å². The second kappa shape index (κ2) is 9.20. The SMILES string of the molecule is COc1ccc(Cl)cc1C(=O)N=c1sc(C(C)CO)c(C)n1C[C@H]1COC(C)(C)O1. The van der Waals surface area contributed by atoms with E-state index in [-0.39, 0.29) is 18.6 Å². The van der Waals surface area contributed by atoms with Crippen LogP contribution in [0.25, 0.3) is 0 Å². The fourth-order valence-electron chi connectivity index (χ4n) is 3.39. The van der Waals surface area contributed by atoms with Crippen LogP contribution in [0, 0.1) is 6.92 Å². The maximum Gasteiger partial charge on any atom is 0.283 e. The van der Waals surface area contributed by atoms with E-state index in [1.165, 1.54) is 18.4 Å². The third-order valence-corrected chi connectivity index (χ3v) is 6.60. The first-order valence-corrected chi connectivity index (χ1v) is 10.9. The average molecular weight is 455 g/mol. The molecule has 1 aliphatic heterocycles. The first kappa shape index (κ1) is 23.0. The molecule has 2 aromatic rings. The molecule has 1 unspecified atom stereocenters. The molecule has 9 heteroatoms. The largest absolute Gasteiger partial charge is 0.496 e. The van der Waals surface area contributed by atoms with E-state index in [1.54, 1.807) is 18.2 Å². The summed E-state index contributed by atoms with van der Waals surface area (Å²) in [5.41, 5.74) is 1.24. The highest BCUT2D eigenvalue weighted by Gasteiger charge is 2.33. The number of methoxy groups -OCH3 is 1. The van der Waals surface area contributed by atoms with Crippen molar-refractivity contribution >= 4 is 28.8 Å². The molecular formula is C21H27ClN2O5S. The highest BCUT2D eigenvalue weighted by atomic mass is 35.5. The van der Waals surface area contributed by atoms with E-state index in [0.29, 0.717) is 34.3 Å². The van der Waals surface area contributed by atoms with Crippen LogP contribution in [0.4, 0.5) is 0 Å². The Hall–Kier alpha value is -1.71. The molecular weight excluding hydrogens is 428 g/mol. The fourth-order valence-corrected chi connectivity index (χ4v) is 4.75. The second-order valence-electron chi connectivity index (χ2n) is 7.74. The van der Waals surface area contributed by atoms with Crippen LogP contribution >= 0.6 is 22.9 Å². The minimum Gasteiger partial charge on any atom is -0.496 e. The Morgan fingerprint density at radius 3 is 2.83 bits per heavy atom. The zero-order valence-electron chi connectivity index (χ0n) is 17.8. The molecule has 0 saturated carbocycles. The fraction of sp³-hybridized carbons (Fsp3) is 0.524. The molecule has 1 aliphatic rings. The number of nitrogens with zero attached hydrogens (tertiary/aromatic N) is 2.